The third kappa shape index (κ3) is 8.29. The molecule has 45 heavy (non-hydrogen) atoms. The highest BCUT2D eigenvalue weighted by molar-refractivity contribution is 6.32. The number of halogens is 3. The van der Waals surface area contributed by atoms with E-state index in [1.165, 1.54) is 20.0 Å². The minimum Gasteiger partial charge on any atom is -0.483 e. The Kier molecular flexibility index (Phi) is 11.1. The van der Waals surface area contributed by atoms with Crippen LogP contribution in [0.25, 0.3) is 11.0 Å². The summed E-state index contributed by atoms with van der Waals surface area (Å²) in [4.78, 5) is 34.9. The van der Waals surface area contributed by atoms with Gasteiger partial charge in [-0.05, 0) is 38.5 Å². The summed E-state index contributed by atoms with van der Waals surface area (Å²) in [6.45, 7) is 11.2. The molecule has 5 rings (SSSR count). The van der Waals surface area contributed by atoms with Crippen LogP contribution in [0.5, 0.6) is 0 Å². The Morgan fingerprint density at radius 2 is 1.73 bits per heavy atom. The molecule has 0 saturated carbocycles. The van der Waals surface area contributed by atoms with Crippen molar-refractivity contribution in [2.45, 2.75) is 58.7 Å². The number of rotatable bonds is 9. The van der Waals surface area contributed by atoms with E-state index in [1.54, 1.807) is 27.9 Å². The molecule has 3 aromatic rings. The molecule has 2 aliphatic heterocycles. The van der Waals surface area contributed by atoms with Crippen LogP contribution in [0.1, 0.15) is 34.1 Å². The zero-order valence-corrected chi connectivity index (χ0v) is 26.8. The summed E-state index contributed by atoms with van der Waals surface area (Å²) in [5.74, 6) is -3.76. The molecular weight excluding hydrogens is 612 g/mol. The molecule has 0 bridgehead atoms. The lowest BCUT2D eigenvalue weighted by atomic mass is 9.87. The predicted molar refractivity (Wildman–Crippen MR) is 169 cm³/mol. The van der Waals surface area contributed by atoms with Crippen molar-refractivity contribution in [1.29, 1.82) is 0 Å². The van der Waals surface area contributed by atoms with Gasteiger partial charge in [-0.2, -0.15) is 4.98 Å². The van der Waals surface area contributed by atoms with E-state index in [1.807, 2.05) is 18.2 Å². The number of aryl methyl sites for hydroxylation is 1. The van der Waals surface area contributed by atoms with E-state index in [4.69, 9.17) is 26.2 Å². The maximum Gasteiger partial charge on any atom is 0.329 e. The van der Waals surface area contributed by atoms with Crippen LogP contribution >= 0.6 is 11.6 Å². The monoisotopic (exact) mass is 653 g/mol. The van der Waals surface area contributed by atoms with Crippen molar-refractivity contribution in [2.24, 2.45) is 11.8 Å². The molecule has 2 fully saturated rings. The Morgan fingerprint density at radius 1 is 1.11 bits per heavy atom. The summed E-state index contributed by atoms with van der Waals surface area (Å²) in [5, 5.41) is 20.8. The molecule has 248 valence electrons. The highest BCUT2D eigenvalue weighted by atomic mass is 35.5. The van der Waals surface area contributed by atoms with E-state index >= 15 is 0 Å². The first kappa shape index (κ1) is 34.5. The van der Waals surface area contributed by atoms with Crippen LogP contribution in [0.4, 0.5) is 26.2 Å². The molecule has 12 nitrogen and oxygen atoms in total. The van der Waals surface area contributed by atoms with Gasteiger partial charge in [-0.1, -0.05) is 25.4 Å². The third-order valence-corrected chi connectivity index (χ3v) is 8.57. The number of nitrogens with one attached hydrogen (secondary N) is 1. The lowest BCUT2D eigenvalue weighted by molar-refractivity contribution is -0.122. The minimum atomic E-state index is -2.75. The summed E-state index contributed by atoms with van der Waals surface area (Å²) in [5.41, 5.74) is 1.11. The third-order valence-electron chi connectivity index (χ3n) is 8.29. The maximum absolute atomic E-state index is 14.4. The smallest absolute Gasteiger partial charge is 0.329 e. The molecule has 2 saturated heterocycles. The molecule has 0 aliphatic carbocycles. The zero-order chi connectivity index (χ0) is 32.9. The molecule has 15 heteroatoms. The Hall–Kier alpha value is -3.33. The Morgan fingerprint density at radius 3 is 2.36 bits per heavy atom. The fourth-order valence-electron chi connectivity index (χ4n) is 5.64. The van der Waals surface area contributed by atoms with Gasteiger partial charge in [-0.15, -0.1) is 0 Å². The number of fused-ring (bicyclic) bond motifs is 1. The fraction of sp³-hybridized carbons (Fsp3) is 0.600. The quantitative estimate of drug-likeness (QED) is 0.292. The second kappa shape index (κ2) is 14.4. The molecule has 0 unspecified atom stereocenters. The van der Waals surface area contributed by atoms with Gasteiger partial charge in [0.1, 0.15) is 5.02 Å². The van der Waals surface area contributed by atoms with Gasteiger partial charge in [0, 0.05) is 63.3 Å². The Bertz CT molecular complexity index is 1510. The highest BCUT2D eigenvalue weighted by Gasteiger charge is 2.47. The van der Waals surface area contributed by atoms with Gasteiger partial charge in [-0.3, -0.25) is 18.8 Å². The van der Waals surface area contributed by atoms with Crippen molar-refractivity contribution in [3.8, 4) is 0 Å². The number of aromatic nitrogens is 4. The SMILES string of the molecule is C[C@@H]1CN(c2ncc(Cl)c(Nc3ccc4c(c3)n(CCC(C)(C)O)c(=O)n4CCN3CCOCC3)n2)C[C@H](C)C1(F)F.O=CO. The number of morpholine rings is 1. The number of ether oxygens (including phenoxy) is 1. The van der Waals surface area contributed by atoms with E-state index in [2.05, 4.69) is 20.2 Å². The van der Waals surface area contributed by atoms with Crippen molar-refractivity contribution >= 4 is 46.6 Å². The molecule has 2 atom stereocenters. The number of hydrogen-bond acceptors (Lipinski definition) is 9. The Balaban J connectivity index is 0.00000148. The van der Waals surface area contributed by atoms with Crippen LogP contribution in [0.3, 0.4) is 0 Å². The first-order valence-corrected chi connectivity index (χ1v) is 15.4. The number of imidazole rings is 1. The predicted octanol–water partition coefficient (Wildman–Crippen LogP) is 3.91. The van der Waals surface area contributed by atoms with Gasteiger partial charge in [0.15, 0.2) is 5.82 Å². The van der Waals surface area contributed by atoms with Crippen LogP contribution in [0, 0.1) is 11.8 Å². The van der Waals surface area contributed by atoms with Gasteiger partial charge < -0.3 is 25.2 Å². The highest BCUT2D eigenvalue weighted by Crippen LogP contribution is 2.39. The van der Waals surface area contributed by atoms with Crippen molar-refractivity contribution in [2.75, 3.05) is 56.2 Å². The molecule has 0 radical (unpaired) electrons. The second-order valence-corrected chi connectivity index (χ2v) is 12.7. The summed E-state index contributed by atoms with van der Waals surface area (Å²) < 4.78 is 37.8. The van der Waals surface area contributed by atoms with Crippen molar-refractivity contribution in [3.63, 3.8) is 0 Å². The Labute approximate surface area is 265 Å². The van der Waals surface area contributed by atoms with Gasteiger partial charge in [0.05, 0.1) is 36.0 Å². The van der Waals surface area contributed by atoms with Crippen LogP contribution in [0.15, 0.2) is 29.2 Å². The largest absolute Gasteiger partial charge is 0.483 e. The number of aliphatic hydroxyl groups is 1. The average Bonchev–Trinajstić information content (AvgIpc) is 3.24. The van der Waals surface area contributed by atoms with Gasteiger partial charge in [0.2, 0.25) is 5.95 Å². The molecular formula is C30H42ClF2N7O5. The van der Waals surface area contributed by atoms with Gasteiger partial charge in [-0.25, -0.2) is 18.6 Å². The zero-order valence-electron chi connectivity index (χ0n) is 26.0. The normalized spacial score (nSPS) is 20.5. The molecule has 0 spiro atoms. The topological polar surface area (TPSA) is 138 Å². The molecule has 1 aromatic carbocycles. The van der Waals surface area contributed by atoms with Gasteiger partial charge in [0.25, 0.3) is 12.4 Å². The first-order chi connectivity index (χ1) is 21.2. The lowest BCUT2D eigenvalue weighted by Crippen LogP contribution is -2.52. The first-order valence-electron chi connectivity index (χ1n) is 15.0. The number of alkyl halides is 2. The van der Waals surface area contributed by atoms with Crippen molar-refractivity contribution in [1.82, 2.24) is 24.0 Å². The number of piperidine rings is 1. The van der Waals surface area contributed by atoms with E-state index in [0.29, 0.717) is 50.2 Å². The molecule has 4 heterocycles. The van der Waals surface area contributed by atoms with E-state index in [-0.39, 0.29) is 30.3 Å². The average molecular weight is 654 g/mol. The number of benzene rings is 1. The summed E-state index contributed by atoms with van der Waals surface area (Å²) in [6.07, 6.45) is 1.87. The van der Waals surface area contributed by atoms with E-state index < -0.39 is 23.4 Å². The van der Waals surface area contributed by atoms with Crippen molar-refractivity contribution in [3.05, 3.63) is 39.9 Å². The molecule has 0 amide bonds. The molecule has 2 aliphatic rings. The lowest BCUT2D eigenvalue weighted by Gasteiger charge is -2.41. The number of anilines is 3. The summed E-state index contributed by atoms with van der Waals surface area (Å²) in [7, 11) is 0. The number of hydrogen-bond donors (Lipinski definition) is 3. The van der Waals surface area contributed by atoms with Crippen LogP contribution < -0.4 is 15.9 Å². The summed E-state index contributed by atoms with van der Waals surface area (Å²) >= 11 is 6.45. The standard InChI is InChI=1S/C29H40ClF2N7O3.CH2O2/c1-19-17-37(18-20(2)29(19,31)32)26-33-16-22(30)25(35-26)34-21-5-6-23-24(15-21)38(8-7-28(3,4)41)27(40)39(23)10-9-36-11-13-42-14-12-36;2-1-3/h5-6,15-16,19-20,41H,7-14,17-18H2,1-4H3,(H,33,34,35);1H,(H,2,3)/t19-,20+;. The number of carboxylic acid groups (broad SMARTS) is 1. The van der Waals surface area contributed by atoms with Crippen LogP contribution in [-0.2, 0) is 22.6 Å². The molecule has 3 N–H and O–H groups in total. The van der Waals surface area contributed by atoms with Gasteiger partial charge >= 0.3 is 5.69 Å². The van der Waals surface area contributed by atoms with Crippen LogP contribution in [-0.4, -0.2) is 98.1 Å². The fourth-order valence-corrected chi connectivity index (χ4v) is 5.78. The second-order valence-electron chi connectivity index (χ2n) is 12.3. The molecule has 2 aromatic heterocycles. The maximum atomic E-state index is 14.4. The summed E-state index contributed by atoms with van der Waals surface area (Å²) in [6, 6.07) is 5.62. The minimum absolute atomic E-state index is 0.132. The van der Waals surface area contributed by atoms with E-state index in [9.17, 15) is 18.7 Å². The number of nitrogens with zero attached hydrogens (tertiary/aromatic N) is 6. The van der Waals surface area contributed by atoms with E-state index in [0.717, 1.165) is 30.7 Å². The van der Waals surface area contributed by atoms with Crippen molar-refractivity contribution < 1.29 is 28.5 Å². The van der Waals surface area contributed by atoms with Crippen LogP contribution in [0.2, 0.25) is 5.02 Å². The number of carbonyl (C=O) groups is 1.